The van der Waals surface area contributed by atoms with Crippen LogP contribution in [0.1, 0.15) is 29.5 Å². The summed E-state index contributed by atoms with van der Waals surface area (Å²) in [5.74, 6) is -3.21. The minimum atomic E-state index is -4.02. The van der Waals surface area contributed by atoms with Crippen LogP contribution in [0.25, 0.3) is 23.2 Å². The molecule has 1 saturated heterocycles. The first-order valence-corrected chi connectivity index (χ1v) is 12.4. The van der Waals surface area contributed by atoms with E-state index in [0.29, 0.717) is 5.82 Å². The van der Waals surface area contributed by atoms with Crippen LogP contribution in [0.3, 0.4) is 0 Å². The SMILES string of the molecule is Cc1cc(C)cc(-c2ncn(/C=C(/C(N)=O)c3cccc(S(=O)(=O)N4CCC(F)(F)CC4)c3)n2)c1. The minimum absolute atomic E-state index is 0.0177. The van der Waals surface area contributed by atoms with Gasteiger partial charge in [0, 0.05) is 37.7 Å². The van der Waals surface area contributed by atoms with Crippen LogP contribution in [0.2, 0.25) is 0 Å². The van der Waals surface area contributed by atoms with Gasteiger partial charge in [0.1, 0.15) is 6.33 Å². The van der Waals surface area contributed by atoms with E-state index < -0.39 is 34.7 Å². The predicted octanol–water partition coefficient (Wildman–Crippen LogP) is 3.47. The molecule has 35 heavy (non-hydrogen) atoms. The van der Waals surface area contributed by atoms with Gasteiger partial charge in [-0.3, -0.25) is 4.79 Å². The zero-order valence-corrected chi connectivity index (χ0v) is 20.1. The van der Waals surface area contributed by atoms with Gasteiger partial charge in [-0.2, -0.15) is 4.31 Å². The molecule has 1 fully saturated rings. The second-order valence-corrected chi connectivity index (χ2v) is 10.6. The number of carbonyl (C=O) groups is 1. The number of nitrogens with two attached hydrogens (primary N) is 1. The third-order valence-corrected chi connectivity index (χ3v) is 7.65. The minimum Gasteiger partial charge on any atom is -0.366 e. The van der Waals surface area contributed by atoms with Crippen molar-refractivity contribution < 1.29 is 22.0 Å². The van der Waals surface area contributed by atoms with Gasteiger partial charge in [-0.1, -0.05) is 29.3 Å². The molecular weight excluding hydrogens is 476 g/mol. The number of benzene rings is 2. The van der Waals surface area contributed by atoms with Crippen molar-refractivity contribution in [2.75, 3.05) is 13.1 Å². The van der Waals surface area contributed by atoms with Crippen molar-refractivity contribution in [2.45, 2.75) is 37.5 Å². The number of carbonyl (C=O) groups excluding carboxylic acids is 1. The van der Waals surface area contributed by atoms with E-state index in [1.54, 1.807) is 6.07 Å². The van der Waals surface area contributed by atoms with Gasteiger partial charge >= 0.3 is 0 Å². The second kappa shape index (κ2) is 9.31. The molecule has 2 heterocycles. The molecule has 0 unspecified atom stereocenters. The van der Waals surface area contributed by atoms with Crippen LogP contribution < -0.4 is 5.73 Å². The summed E-state index contributed by atoms with van der Waals surface area (Å²) in [6.45, 7) is 3.38. The highest BCUT2D eigenvalue weighted by atomic mass is 32.2. The van der Waals surface area contributed by atoms with Gasteiger partial charge in [0.25, 0.3) is 11.8 Å². The molecule has 1 aromatic heterocycles. The van der Waals surface area contributed by atoms with E-state index in [2.05, 4.69) is 10.1 Å². The summed E-state index contributed by atoms with van der Waals surface area (Å²) < 4.78 is 55.4. The Kier molecular flexibility index (Phi) is 6.56. The van der Waals surface area contributed by atoms with Gasteiger partial charge in [0.15, 0.2) is 5.82 Å². The number of alkyl halides is 2. The highest BCUT2D eigenvalue weighted by molar-refractivity contribution is 7.89. The Morgan fingerprint density at radius 1 is 1.09 bits per heavy atom. The van der Waals surface area contributed by atoms with Gasteiger partial charge in [-0.15, -0.1) is 5.10 Å². The maximum atomic E-state index is 13.5. The summed E-state index contributed by atoms with van der Waals surface area (Å²) in [6.07, 6.45) is 1.72. The number of hydrogen-bond acceptors (Lipinski definition) is 5. The standard InChI is InChI=1S/C24H25F2N5O3S/c1-16-10-17(2)12-19(11-16)23-28-15-30(29-23)14-21(22(27)32)18-4-3-5-20(13-18)35(33,34)31-8-6-24(25,26)7-9-31/h3-5,10-15H,6-9H2,1-2H3,(H2,27,32)/b21-14+. The highest BCUT2D eigenvalue weighted by Gasteiger charge is 2.38. The Balaban J connectivity index is 1.65. The molecule has 184 valence electrons. The normalized spacial score (nSPS) is 16.9. The van der Waals surface area contributed by atoms with Gasteiger partial charge in [-0.25, -0.2) is 26.9 Å². The summed E-state index contributed by atoms with van der Waals surface area (Å²) in [5, 5.41) is 4.39. The Morgan fingerprint density at radius 3 is 2.37 bits per heavy atom. The maximum Gasteiger partial charge on any atom is 0.250 e. The van der Waals surface area contributed by atoms with Crippen LogP contribution in [0.5, 0.6) is 0 Å². The van der Waals surface area contributed by atoms with Crippen molar-refractivity contribution in [3.8, 4) is 11.4 Å². The van der Waals surface area contributed by atoms with Crippen molar-refractivity contribution in [2.24, 2.45) is 5.73 Å². The number of piperidine rings is 1. The predicted molar refractivity (Wildman–Crippen MR) is 128 cm³/mol. The molecule has 0 aliphatic carbocycles. The summed E-state index contributed by atoms with van der Waals surface area (Å²) >= 11 is 0. The summed E-state index contributed by atoms with van der Waals surface area (Å²) in [7, 11) is -4.02. The second-order valence-electron chi connectivity index (χ2n) is 8.62. The first-order chi connectivity index (χ1) is 16.4. The average Bonchev–Trinajstić information content (AvgIpc) is 3.25. The third-order valence-electron chi connectivity index (χ3n) is 5.75. The van der Waals surface area contributed by atoms with Gasteiger partial charge < -0.3 is 5.73 Å². The molecular formula is C24H25F2N5O3S. The summed E-state index contributed by atoms with van der Waals surface area (Å²) in [6, 6.07) is 11.6. The summed E-state index contributed by atoms with van der Waals surface area (Å²) in [5.41, 5.74) is 8.79. The molecule has 2 aromatic carbocycles. The number of hydrogen-bond donors (Lipinski definition) is 1. The van der Waals surface area contributed by atoms with Crippen LogP contribution in [0.15, 0.2) is 53.7 Å². The first kappa shape index (κ1) is 24.7. The number of aryl methyl sites for hydroxylation is 2. The molecule has 0 bridgehead atoms. The lowest BCUT2D eigenvalue weighted by Gasteiger charge is -2.31. The number of sulfonamides is 1. The van der Waals surface area contributed by atoms with Crippen molar-refractivity contribution in [3.05, 3.63) is 65.5 Å². The van der Waals surface area contributed by atoms with Crippen LogP contribution in [0, 0.1) is 13.8 Å². The Hall–Kier alpha value is -3.44. The maximum absolute atomic E-state index is 13.5. The van der Waals surface area contributed by atoms with E-state index in [-0.39, 0.29) is 29.1 Å². The third kappa shape index (κ3) is 5.46. The van der Waals surface area contributed by atoms with Crippen molar-refractivity contribution in [1.82, 2.24) is 19.1 Å². The van der Waals surface area contributed by atoms with Crippen LogP contribution in [0.4, 0.5) is 8.78 Å². The smallest absolute Gasteiger partial charge is 0.250 e. The van der Waals surface area contributed by atoms with Gasteiger partial charge in [-0.05, 0) is 43.7 Å². The van der Waals surface area contributed by atoms with E-state index in [1.807, 2.05) is 32.0 Å². The van der Waals surface area contributed by atoms with E-state index >= 15 is 0 Å². The van der Waals surface area contributed by atoms with E-state index in [9.17, 15) is 22.0 Å². The number of amides is 1. The molecule has 11 heteroatoms. The molecule has 1 amide bonds. The van der Waals surface area contributed by atoms with Crippen LogP contribution in [-0.4, -0.2) is 52.4 Å². The topological polar surface area (TPSA) is 111 Å². The van der Waals surface area contributed by atoms with E-state index in [4.69, 9.17) is 5.73 Å². The number of aromatic nitrogens is 3. The quantitative estimate of drug-likeness (QED) is 0.520. The number of halogens is 2. The van der Waals surface area contributed by atoms with Crippen LogP contribution in [-0.2, 0) is 14.8 Å². The lowest BCUT2D eigenvalue weighted by molar-refractivity contribution is -0.112. The van der Waals surface area contributed by atoms with Gasteiger partial charge in [0.05, 0.1) is 10.5 Å². The molecule has 3 aromatic rings. The van der Waals surface area contributed by atoms with Crippen molar-refractivity contribution in [3.63, 3.8) is 0 Å². The molecule has 4 rings (SSSR count). The average molecular weight is 502 g/mol. The zero-order valence-electron chi connectivity index (χ0n) is 19.3. The molecule has 0 atom stereocenters. The molecule has 1 aliphatic rings. The summed E-state index contributed by atoms with van der Waals surface area (Å²) in [4.78, 5) is 16.4. The van der Waals surface area contributed by atoms with Crippen molar-refractivity contribution in [1.29, 1.82) is 0 Å². The molecule has 0 spiro atoms. The fourth-order valence-corrected chi connectivity index (χ4v) is 5.50. The highest BCUT2D eigenvalue weighted by Crippen LogP contribution is 2.31. The van der Waals surface area contributed by atoms with E-state index in [0.717, 1.165) is 21.0 Å². The lowest BCUT2D eigenvalue weighted by Crippen LogP contribution is -2.42. The Bertz CT molecular complexity index is 1390. The molecule has 2 N–H and O–H groups in total. The Morgan fingerprint density at radius 2 is 1.74 bits per heavy atom. The fourth-order valence-electron chi connectivity index (χ4n) is 4.01. The molecule has 1 aliphatic heterocycles. The van der Waals surface area contributed by atoms with Crippen molar-refractivity contribution >= 4 is 27.7 Å². The lowest BCUT2D eigenvalue weighted by atomic mass is 10.1. The number of rotatable bonds is 6. The molecule has 0 radical (unpaired) electrons. The van der Waals surface area contributed by atoms with Gasteiger partial charge in [0.2, 0.25) is 10.0 Å². The fraction of sp³-hybridized carbons (Fsp3) is 0.292. The molecule has 0 saturated carbocycles. The Labute approximate surface area is 202 Å². The number of nitrogens with zero attached hydrogens (tertiary/aromatic N) is 4. The molecule has 8 nitrogen and oxygen atoms in total. The first-order valence-electron chi connectivity index (χ1n) is 10.9. The van der Waals surface area contributed by atoms with Crippen LogP contribution >= 0.6 is 0 Å². The van der Waals surface area contributed by atoms with E-state index in [1.165, 1.54) is 35.4 Å². The monoisotopic (exact) mass is 501 g/mol. The largest absolute Gasteiger partial charge is 0.366 e. The zero-order chi connectivity index (χ0) is 25.4. The number of primary amides is 1.